The lowest BCUT2D eigenvalue weighted by atomic mass is 10.2. The highest BCUT2D eigenvalue weighted by Crippen LogP contribution is 2.08. The van der Waals surface area contributed by atoms with Crippen molar-refractivity contribution < 1.29 is 13.5 Å². The van der Waals surface area contributed by atoms with Crippen molar-refractivity contribution in [2.75, 3.05) is 19.8 Å². The molecule has 1 heterocycles. The lowest BCUT2D eigenvalue weighted by Gasteiger charge is -2.06. The van der Waals surface area contributed by atoms with Crippen LogP contribution in [0.4, 0.5) is 8.78 Å². The Kier molecular flexibility index (Phi) is 9.73. The quantitative estimate of drug-likeness (QED) is 0.711. The van der Waals surface area contributed by atoms with Crippen LogP contribution in [-0.2, 0) is 17.8 Å². The molecule has 19 heavy (non-hydrogen) atoms. The van der Waals surface area contributed by atoms with Crippen LogP contribution in [0.5, 0.6) is 0 Å². The lowest BCUT2D eigenvalue weighted by Crippen LogP contribution is -2.17. The minimum Gasteiger partial charge on any atom is -0.382 e. The first-order chi connectivity index (χ1) is 8.65. The zero-order valence-electron chi connectivity index (χ0n) is 11.4. The summed E-state index contributed by atoms with van der Waals surface area (Å²) in [5, 5.41) is 7.20. The third-order valence-corrected chi connectivity index (χ3v) is 2.68. The van der Waals surface area contributed by atoms with E-state index in [4.69, 9.17) is 4.74 Å². The van der Waals surface area contributed by atoms with Crippen LogP contribution in [0.3, 0.4) is 0 Å². The van der Waals surface area contributed by atoms with Crippen LogP contribution < -0.4 is 5.32 Å². The molecule has 1 N–H and O–H groups in total. The largest absolute Gasteiger partial charge is 0.382 e. The smallest absolute Gasteiger partial charge is 0.257 e. The van der Waals surface area contributed by atoms with Crippen molar-refractivity contribution in [3.8, 4) is 0 Å². The fourth-order valence-electron chi connectivity index (χ4n) is 1.64. The molecule has 0 saturated carbocycles. The van der Waals surface area contributed by atoms with Crippen LogP contribution in [-0.4, -0.2) is 36.0 Å². The second-order valence-electron chi connectivity index (χ2n) is 4.06. The normalized spacial score (nSPS) is 10.8. The highest BCUT2D eigenvalue weighted by molar-refractivity contribution is 5.85. The number of rotatable bonds is 9. The van der Waals surface area contributed by atoms with Crippen molar-refractivity contribution in [1.29, 1.82) is 0 Å². The van der Waals surface area contributed by atoms with Crippen LogP contribution in [0, 0.1) is 6.92 Å². The van der Waals surface area contributed by atoms with Crippen LogP contribution in [0.15, 0.2) is 6.20 Å². The molecular weight excluding hydrogens is 276 g/mol. The van der Waals surface area contributed by atoms with Crippen molar-refractivity contribution in [2.45, 2.75) is 39.8 Å². The number of alkyl halides is 2. The van der Waals surface area contributed by atoms with Gasteiger partial charge in [-0.25, -0.2) is 8.78 Å². The third-order valence-electron chi connectivity index (χ3n) is 2.68. The molecule has 0 radical (unpaired) electrons. The summed E-state index contributed by atoms with van der Waals surface area (Å²) < 4.78 is 31.1. The van der Waals surface area contributed by atoms with Crippen molar-refractivity contribution in [3.05, 3.63) is 17.5 Å². The van der Waals surface area contributed by atoms with Crippen LogP contribution in [0.25, 0.3) is 0 Å². The van der Waals surface area contributed by atoms with E-state index >= 15 is 0 Å². The molecule has 1 aromatic rings. The maximum absolute atomic E-state index is 12.2. The summed E-state index contributed by atoms with van der Waals surface area (Å²) in [6.45, 7) is 6.42. The number of aromatic nitrogens is 2. The van der Waals surface area contributed by atoms with Gasteiger partial charge in [0.2, 0.25) is 0 Å². The number of ether oxygens (including phenoxy) is 1. The number of nitrogens with zero attached hydrogens (tertiary/aromatic N) is 2. The lowest BCUT2D eigenvalue weighted by molar-refractivity contribution is 0.121. The molecule has 112 valence electrons. The van der Waals surface area contributed by atoms with Crippen molar-refractivity contribution in [2.24, 2.45) is 0 Å². The molecular formula is C12H22ClF2N3O. The predicted molar refractivity (Wildman–Crippen MR) is 73.0 cm³/mol. The summed E-state index contributed by atoms with van der Waals surface area (Å²) in [7, 11) is 0. The Hall–Kier alpha value is -0.720. The van der Waals surface area contributed by atoms with Gasteiger partial charge in [0.1, 0.15) is 6.54 Å². The van der Waals surface area contributed by atoms with Gasteiger partial charge in [-0.3, -0.25) is 4.68 Å². The first kappa shape index (κ1) is 18.3. The van der Waals surface area contributed by atoms with Crippen molar-refractivity contribution >= 4 is 12.4 Å². The molecule has 0 aliphatic heterocycles. The molecule has 7 heteroatoms. The molecule has 0 amide bonds. The number of hydrogen-bond donors (Lipinski definition) is 1. The maximum Gasteiger partial charge on any atom is 0.257 e. The van der Waals surface area contributed by atoms with Gasteiger partial charge in [0.15, 0.2) is 0 Å². The Balaban J connectivity index is 0.00000324. The third kappa shape index (κ3) is 6.84. The van der Waals surface area contributed by atoms with Gasteiger partial charge in [-0.2, -0.15) is 5.10 Å². The highest BCUT2D eigenvalue weighted by Gasteiger charge is 2.10. The first-order valence-electron chi connectivity index (χ1n) is 6.23. The van der Waals surface area contributed by atoms with Crippen LogP contribution in [0.2, 0.25) is 0 Å². The molecule has 1 aromatic heterocycles. The van der Waals surface area contributed by atoms with E-state index in [9.17, 15) is 8.78 Å². The maximum atomic E-state index is 12.2. The van der Waals surface area contributed by atoms with E-state index in [0.717, 1.165) is 37.4 Å². The number of hydrogen-bond acceptors (Lipinski definition) is 3. The Bertz CT molecular complexity index is 348. The van der Waals surface area contributed by atoms with E-state index in [1.807, 2.05) is 13.8 Å². The molecule has 0 atom stereocenters. The predicted octanol–water partition coefficient (Wildman–Crippen LogP) is 2.39. The van der Waals surface area contributed by atoms with Gasteiger partial charge >= 0.3 is 0 Å². The fourth-order valence-corrected chi connectivity index (χ4v) is 1.64. The molecule has 0 aliphatic rings. The van der Waals surface area contributed by atoms with Crippen molar-refractivity contribution in [1.82, 2.24) is 15.1 Å². The van der Waals surface area contributed by atoms with Gasteiger partial charge in [-0.05, 0) is 26.8 Å². The molecule has 0 aromatic carbocycles. The summed E-state index contributed by atoms with van der Waals surface area (Å²) in [6, 6.07) is 0. The standard InChI is InChI=1S/C12H21F2N3O.ClH/c1-3-18-6-4-5-15-7-11-8-16-17(10(11)2)9-12(13)14;/h8,12,15H,3-7,9H2,1-2H3;1H. The van der Waals surface area contributed by atoms with Gasteiger partial charge in [0, 0.05) is 31.0 Å². The van der Waals surface area contributed by atoms with Gasteiger partial charge in [0.25, 0.3) is 6.43 Å². The topological polar surface area (TPSA) is 39.1 Å². The average Bonchev–Trinajstić information content (AvgIpc) is 2.65. The van der Waals surface area contributed by atoms with E-state index in [1.54, 1.807) is 6.20 Å². The van der Waals surface area contributed by atoms with Crippen LogP contribution in [0.1, 0.15) is 24.6 Å². The highest BCUT2D eigenvalue weighted by atomic mass is 35.5. The minimum atomic E-state index is -2.37. The number of nitrogens with one attached hydrogen (secondary N) is 1. The van der Waals surface area contributed by atoms with E-state index < -0.39 is 6.43 Å². The average molecular weight is 298 g/mol. The molecule has 0 fully saturated rings. The zero-order valence-corrected chi connectivity index (χ0v) is 12.2. The monoisotopic (exact) mass is 297 g/mol. The minimum absolute atomic E-state index is 0. The van der Waals surface area contributed by atoms with E-state index in [1.165, 1.54) is 4.68 Å². The van der Waals surface area contributed by atoms with Gasteiger partial charge < -0.3 is 10.1 Å². The molecule has 1 rings (SSSR count). The molecule has 0 aliphatic carbocycles. The van der Waals surface area contributed by atoms with Gasteiger partial charge in [0.05, 0.1) is 6.20 Å². The van der Waals surface area contributed by atoms with E-state index in [0.29, 0.717) is 6.54 Å². The number of halogens is 3. The fraction of sp³-hybridized carbons (Fsp3) is 0.750. The second-order valence-corrected chi connectivity index (χ2v) is 4.06. The zero-order chi connectivity index (χ0) is 13.4. The van der Waals surface area contributed by atoms with E-state index in [2.05, 4.69) is 10.4 Å². The second kappa shape index (κ2) is 10.1. The molecule has 0 unspecified atom stereocenters. The van der Waals surface area contributed by atoms with Crippen molar-refractivity contribution in [3.63, 3.8) is 0 Å². The molecule has 0 saturated heterocycles. The molecule has 4 nitrogen and oxygen atoms in total. The summed E-state index contributed by atoms with van der Waals surface area (Å²) in [5.74, 6) is 0. The van der Waals surface area contributed by atoms with Gasteiger partial charge in [-0.1, -0.05) is 0 Å². The van der Waals surface area contributed by atoms with Gasteiger partial charge in [-0.15, -0.1) is 12.4 Å². The summed E-state index contributed by atoms with van der Waals surface area (Å²) >= 11 is 0. The SMILES string of the molecule is CCOCCCNCc1cnn(CC(F)F)c1C.Cl. The molecule has 0 bridgehead atoms. The Morgan fingerprint density at radius 3 is 2.84 bits per heavy atom. The summed E-state index contributed by atoms with van der Waals surface area (Å²) in [6.07, 6.45) is 0.223. The first-order valence-corrected chi connectivity index (χ1v) is 6.23. The molecule has 0 spiro atoms. The van der Waals surface area contributed by atoms with E-state index in [-0.39, 0.29) is 19.0 Å². The Labute approximate surface area is 118 Å². The Morgan fingerprint density at radius 1 is 1.47 bits per heavy atom. The summed E-state index contributed by atoms with van der Waals surface area (Å²) in [5.41, 5.74) is 1.76. The van der Waals surface area contributed by atoms with Crippen LogP contribution >= 0.6 is 12.4 Å². The summed E-state index contributed by atoms with van der Waals surface area (Å²) in [4.78, 5) is 0. The Morgan fingerprint density at radius 2 is 2.21 bits per heavy atom.